The van der Waals surface area contributed by atoms with Crippen molar-refractivity contribution in [3.63, 3.8) is 0 Å². The molecule has 0 radical (unpaired) electrons. The van der Waals surface area contributed by atoms with Crippen LogP contribution >= 0.6 is 0 Å². The zero-order valence-electron chi connectivity index (χ0n) is 14.9. The summed E-state index contributed by atoms with van der Waals surface area (Å²) in [6.45, 7) is 13.9. The maximum atomic E-state index is 4.26. The van der Waals surface area contributed by atoms with E-state index in [2.05, 4.69) is 33.1 Å². The Balaban J connectivity index is 3.19. The van der Waals surface area contributed by atoms with E-state index in [1.54, 1.807) is 0 Å². The second-order valence-corrected chi connectivity index (χ2v) is 13.2. The lowest BCUT2D eigenvalue weighted by Crippen LogP contribution is -2.19. The Morgan fingerprint density at radius 1 is 0.700 bits per heavy atom. The summed E-state index contributed by atoms with van der Waals surface area (Å²) in [5.41, 5.74) is 1.51. The van der Waals surface area contributed by atoms with E-state index < -0.39 is 8.07 Å². The molecular formula is C19H40Si. The number of unbranched alkanes of at least 4 members (excludes halogenated alkanes) is 10. The first-order valence-electron chi connectivity index (χ1n) is 9.12. The lowest BCUT2D eigenvalue weighted by Gasteiger charge is -2.17. The predicted octanol–water partition coefficient (Wildman–Crippen LogP) is 7.58. The topological polar surface area (TPSA) is 0 Å². The fourth-order valence-corrected chi connectivity index (χ4v) is 4.55. The molecule has 0 atom stereocenters. The molecule has 0 amide bonds. The van der Waals surface area contributed by atoms with Gasteiger partial charge in [-0.25, -0.2) is 0 Å². The van der Waals surface area contributed by atoms with Gasteiger partial charge in [-0.05, 0) is 18.9 Å². The smallest absolute Gasteiger partial charge is 0.0483 e. The Labute approximate surface area is 130 Å². The van der Waals surface area contributed by atoms with Crippen molar-refractivity contribution >= 4 is 8.07 Å². The van der Waals surface area contributed by atoms with Crippen LogP contribution in [0.15, 0.2) is 12.2 Å². The molecular weight excluding hydrogens is 256 g/mol. The summed E-state index contributed by atoms with van der Waals surface area (Å²) in [4.78, 5) is 0. The van der Waals surface area contributed by atoms with Crippen LogP contribution in [0, 0.1) is 0 Å². The van der Waals surface area contributed by atoms with Crippen molar-refractivity contribution in [3.05, 3.63) is 12.2 Å². The second kappa shape index (κ2) is 12.7. The summed E-state index contributed by atoms with van der Waals surface area (Å²) in [5.74, 6) is 0. The molecule has 120 valence electrons. The fourth-order valence-electron chi connectivity index (χ4n) is 2.88. The summed E-state index contributed by atoms with van der Waals surface area (Å²) in [6, 6.07) is 1.32. The molecule has 0 unspecified atom stereocenters. The molecule has 0 aromatic heterocycles. The number of allylic oxidation sites excluding steroid dienone is 1. The van der Waals surface area contributed by atoms with Crippen LogP contribution in [0.2, 0.25) is 25.7 Å². The third-order valence-corrected chi connectivity index (χ3v) is 5.47. The molecule has 0 aliphatic carbocycles. The van der Waals surface area contributed by atoms with E-state index in [0.717, 1.165) is 0 Å². The van der Waals surface area contributed by atoms with Gasteiger partial charge < -0.3 is 0 Å². The minimum Gasteiger partial charge on any atom is -0.100 e. The number of hydrogen-bond donors (Lipinski definition) is 0. The van der Waals surface area contributed by atoms with E-state index in [-0.39, 0.29) is 0 Å². The average molecular weight is 297 g/mol. The van der Waals surface area contributed by atoms with Crippen molar-refractivity contribution in [3.8, 4) is 0 Å². The van der Waals surface area contributed by atoms with Crippen LogP contribution in [0.25, 0.3) is 0 Å². The van der Waals surface area contributed by atoms with Gasteiger partial charge in [-0.2, -0.15) is 0 Å². The highest BCUT2D eigenvalue weighted by molar-refractivity contribution is 6.76. The standard InChI is InChI=1S/C19H40Si/c1-6-7-8-9-10-11-12-13-14-15-16-17-19(2)18-20(3,4)5/h2,6-18H2,1,3-5H3. The van der Waals surface area contributed by atoms with Crippen LogP contribution in [-0.2, 0) is 0 Å². The van der Waals surface area contributed by atoms with Gasteiger partial charge in [0.25, 0.3) is 0 Å². The van der Waals surface area contributed by atoms with Crippen molar-refractivity contribution in [1.29, 1.82) is 0 Å². The van der Waals surface area contributed by atoms with Gasteiger partial charge in [0, 0.05) is 8.07 Å². The van der Waals surface area contributed by atoms with Gasteiger partial charge in [0.2, 0.25) is 0 Å². The monoisotopic (exact) mass is 296 g/mol. The highest BCUT2D eigenvalue weighted by atomic mass is 28.3. The molecule has 0 heterocycles. The van der Waals surface area contributed by atoms with E-state index in [0.29, 0.717) is 0 Å². The zero-order valence-corrected chi connectivity index (χ0v) is 15.9. The normalized spacial score (nSPS) is 11.8. The lowest BCUT2D eigenvalue weighted by molar-refractivity contribution is 0.549. The Hall–Kier alpha value is -0.0431. The van der Waals surface area contributed by atoms with E-state index in [4.69, 9.17) is 0 Å². The SMILES string of the molecule is C=C(CCCCCCCCCCCCC)C[Si](C)(C)C. The summed E-state index contributed by atoms with van der Waals surface area (Å²) >= 11 is 0. The second-order valence-electron chi connectivity index (χ2n) is 7.77. The summed E-state index contributed by atoms with van der Waals surface area (Å²) in [7, 11) is -0.920. The van der Waals surface area contributed by atoms with Gasteiger partial charge in [0.05, 0.1) is 0 Å². The highest BCUT2D eigenvalue weighted by Gasteiger charge is 2.13. The molecule has 0 nitrogen and oxygen atoms in total. The molecule has 1 heteroatoms. The minimum absolute atomic E-state index is 0.920. The molecule has 0 saturated heterocycles. The van der Waals surface area contributed by atoms with Gasteiger partial charge in [0.1, 0.15) is 0 Å². The van der Waals surface area contributed by atoms with Gasteiger partial charge in [-0.15, -0.1) is 6.58 Å². The van der Waals surface area contributed by atoms with E-state index in [1.807, 2.05) is 0 Å². The van der Waals surface area contributed by atoms with Crippen molar-refractivity contribution in [2.75, 3.05) is 0 Å². The molecule has 0 saturated carbocycles. The third-order valence-electron chi connectivity index (χ3n) is 3.91. The Bertz CT molecular complexity index is 224. The summed E-state index contributed by atoms with van der Waals surface area (Å²) in [5, 5.41) is 0. The third kappa shape index (κ3) is 16.0. The van der Waals surface area contributed by atoms with Crippen molar-refractivity contribution in [2.45, 2.75) is 110 Å². The van der Waals surface area contributed by atoms with Gasteiger partial charge >= 0.3 is 0 Å². The van der Waals surface area contributed by atoms with Crippen molar-refractivity contribution < 1.29 is 0 Å². The maximum absolute atomic E-state index is 4.26. The van der Waals surface area contributed by atoms with Crippen LogP contribution in [0.5, 0.6) is 0 Å². The largest absolute Gasteiger partial charge is 0.100 e. The first-order chi connectivity index (χ1) is 9.45. The van der Waals surface area contributed by atoms with Crippen LogP contribution < -0.4 is 0 Å². The van der Waals surface area contributed by atoms with Crippen LogP contribution in [0.1, 0.15) is 84.0 Å². The van der Waals surface area contributed by atoms with E-state index >= 15 is 0 Å². The number of rotatable bonds is 14. The Kier molecular flexibility index (Phi) is 12.7. The molecule has 0 spiro atoms. The van der Waals surface area contributed by atoms with Gasteiger partial charge in [0.15, 0.2) is 0 Å². The predicted molar refractivity (Wildman–Crippen MR) is 98.4 cm³/mol. The molecule has 0 aliphatic rings. The van der Waals surface area contributed by atoms with Crippen LogP contribution in [0.3, 0.4) is 0 Å². The summed E-state index contributed by atoms with van der Waals surface area (Å²) < 4.78 is 0. The molecule has 0 N–H and O–H groups in total. The Morgan fingerprint density at radius 2 is 1.10 bits per heavy atom. The van der Waals surface area contributed by atoms with E-state index in [9.17, 15) is 0 Å². The molecule has 0 aromatic rings. The molecule has 20 heavy (non-hydrogen) atoms. The molecule has 0 fully saturated rings. The first-order valence-corrected chi connectivity index (χ1v) is 12.8. The van der Waals surface area contributed by atoms with Crippen LogP contribution in [0.4, 0.5) is 0 Å². The quantitative estimate of drug-likeness (QED) is 0.176. The van der Waals surface area contributed by atoms with Crippen LogP contribution in [-0.4, -0.2) is 8.07 Å². The molecule has 0 aliphatic heterocycles. The van der Waals surface area contributed by atoms with Gasteiger partial charge in [-0.1, -0.05) is 96.3 Å². The summed E-state index contributed by atoms with van der Waals surface area (Å²) in [6.07, 6.45) is 17.1. The van der Waals surface area contributed by atoms with Gasteiger partial charge in [-0.3, -0.25) is 0 Å². The highest BCUT2D eigenvalue weighted by Crippen LogP contribution is 2.20. The fraction of sp³-hybridized carbons (Fsp3) is 0.895. The van der Waals surface area contributed by atoms with Crippen molar-refractivity contribution in [1.82, 2.24) is 0 Å². The number of hydrogen-bond acceptors (Lipinski definition) is 0. The Morgan fingerprint density at radius 3 is 1.50 bits per heavy atom. The minimum atomic E-state index is -0.920. The van der Waals surface area contributed by atoms with E-state index in [1.165, 1.54) is 88.7 Å². The van der Waals surface area contributed by atoms with Crippen molar-refractivity contribution in [2.24, 2.45) is 0 Å². The lowest BCUT2D eigenvalue weighted by atomic mass is 10.0. The molecule has 0 rings (SSSR count). The molecule has 0 bridgehead atoms. The zero-order chi connectivity index (χ0) is 15.3. The maximum Gasteiger partial charge on any atom is 0.0483 e. The average Bonchev–Trinajstić information content (AvgIpc) is 2.34. The molecule has 0 aromatic carbocycles. The first kappa shape index (κ1) is 20.0.